The number of ether oxygens (including phenoxy) is 2. The van der Waals surface area contributed by atoms with Crippen LogP contribution >= 0.6 is 0 Å². The zero-order valence-corrected chi connectivity index (χ0v) is 15.2. The molecule has 2 N–H and O–H groups in total. The predicted molar refractivity (Wildman–Crippen MR) is 102 cm³/mol. The zero-order chi connectivity index (χ0) is 19.1. The van der Waals surface area contributed by atoms with E-state index in [1.54, 1.807) is 49.5 Å². The maximum absolute atomic E-state index is 12.1. The van der Waals surface area contributed by atoms with Crippen LogP contribution in [0.15, 0.2) is 55.0 Å². The number of anilines is 1. The van der Waals surface area contributed by atoms with E-state index in [2.05, 4.69) is 20.7 Å². The molecule has 0 fully saturated rings. The number of urea groups is 1. The molecule has 140 valence electrons. The minimum absolute atomic E-state index is 0.302. The van der Waals surface area contributed by atoms with Gasteiger partial charge in [0.1, 0.15) is 0 Å². The molecule has 2 heterocycles. The van der Waals surface area contributed by atoms with Crippen molar-refractivity contribution in [1.29, 1.82) is 0 Å². The molecule has 0 aliphatic carbocycles. The molecule has 8 nitrogen and oxygen atoms in total. The number of carbonyl (C=O) groups excluding carboxylic acids is 1. The number of carbonyl (C=O) groups is 1. The van der Waals surface area contributed by atoms with Gasteiger partial charge in [0.2, 0.25) is 0 Å². The highest BCUT2D eigenvalue weighted by molar-refractivity contribution is 5.89. The fraction of sp³-hybridized carbons (Fsp3) is 0.211. The smallest absolute Gasteiger partial charge is 0.319 e. The number of hydrogen-bond acceptors (Lipinski definition) is 5. The second kappa shape index (κ2) is 8.70. The van der Waals surface area contributed by atoms with Gasteiger partial charge in [-0.1, -0.05) is 0 Å². The summed E-state index contributed by atoms with van der Waals surface area (Å²) in [5.41, 5.74) is 2.49. The van der Waals surface area contributed by atoms with Gasteiger partial charge in [-0.05, 0) is 30.3 Å². The van der Waals surface area contributed by atoms with Crippen LogP contribution in [0.1, 0.15) is 0 Å². The van der Waals surface area contributed by atoms with Crippen molar-refractivity contribution in [2.75, 3.05) is 26.1 Å². The first-order chi connectivity index (χ1) is 13.2. The van der Waals surface area contributed by atoms with Crippen LogP contribution in [0.25, 0.3) is 11.3 Å². The molecule has 0 bridgehead atoms. The van der Waals surface area contributed by atoms with Crippen molar-refractivity contribution in [2.24, 2.45) is 0 Å². The fourth-order valence-corrected chi connectivity index (χ4v) is 2.54. The minimum atomic E-state index is -0.302. The molecule has 3 rings (SSSR count). The van der Waals surface area contributed by atoms with E-state index in [1.807, 2.05) is 24.4 Å². The molecule has 0 saturated heterocycles. The molecule has 0 aliphatic rings. The molecule has 0 unspecified atom stereocenters. The van der Waals surface area contributed by atoms with Crippen molar-refractivity contribution in [3.8, 4) is 22.8 Å². The van der Waals surface area contributed by atoms with Crippen molar-refractivity contribution in [3.63, 3.8) is 0 Å². The van der Waals surface area contributed by atoms with Gasteiger partial charge in [0, 0.05) is 42.5 Å². The summed E-state index contributed by atoms with van der Waals surface area (Å²) in [6, 6.07) is 10.6. The number of rotatable bonds is 7. The molecule has 0 radical (unpaired) electrons. The summed E-state index contributed by atoms with van der Waals surface area (Å²) in [6.07, 6.45) is 5.34. The lowest BCUT2D eigenvalue weighted by atomic mass is 10.2. The molecule has 2 aromatic heterocycles. The lowest BCUT2D eigenvalue weighted by Crippen LogP contribution is -2.31. The third-order valence-corrected chi connectivity index (χ3v) is 3.88. The monoisotopic (exact) mass is 367 g/mol. The van der Waals surface area contributed by atoms with Gasteiger partial charge in [-0.25, -0.2) is 4.79 Å². The largest absolute Gasteiger partial charge is 0.493 e. The maximum atomic E-state index is 12.1. The van der Waals surface area contributed by atoms with Crippen molar-refractivity contribution in [2.45, 2.75) is 6.54 Å². The van der Waals surface area contributed by atoms with Crippen LogP contribution in [-0.2, 0) is 6.54 Å². The number of hydrogen-bond donors (Lipinski definition) is 2. The third kappa shape index (κ3) is 4.75. The zero-order valence-electron chi connectivity index (χ0n) is 15.2. The Bertz CT molecular complexity index is 895. The van der Waals surface area contributed by atoms with Gasteiger partial charge >= 0.3 is 6.03 Å². The molecular formula is C19H21N5O3. The Morgan fingerprint density at radius 2 is 1.85 bits per heavy atom. The van der Waals surface area contributed by atoms with Gasteiger partial charge in [-0.2, -0.15) is 5.10 Å². The highest BCUT2D eigenvalue weighted by Gasteiger charge is 2.07. The third-order valence-electron chi connectivity index (χ3n) is 3.88. The van der Waals surface area contributed by atoms with E-state index in [9.17, 15) is 4.79 Å². The van der Waals surface area contributed by atoms with Crippen molar-refractivity contribution in [3.05, 3.63) is 55.0 Å². The van der Waals surface area contributed by atoms with Crippen LogP contribution in [0.5, 0.6) is 11.5 Å². The van der Waals surface area contributed by atoms with Crippen LogP contribution in [0, 0.1) is 0 Å². The first-order valence-corrected chi connectivity index (χ1v) is 8.40. The van der Waals surface area contributed by atoms with Crippen LogP contribution in [0.4, 0.5) is 10.5 Å². The summed E-state index contributed by atoms with van der Waals surface area (Å²) < 4.78 is 12.2. The Morgan fingerprint density at radius 3 is 2.59 bits per heavy atom. The molecule has 8 heteroatoms. The quantitative estimate of drug-likeness (QED) is 0.670. The Labute approximate surface area is 157 Å². The minimum Gasteiger partial charge on any atom is -0.493 e. The number of nitrogens with zero attached hydrogens (tertiary/aromatic N) is 3. The van der Waals surface area contributed by atoms with Crippen LogP contribution in [-0.4, -0.2) is 41.6 Å². The first kappa shape index (κ1) is 18.2. The number of pyridine rings is 1. The highest BCUT2D eigenvalue weighted by Crippen LogP contribution is 2.29. The van der Waals surface area contributed by atoms with Crippen molar-refractivity contribution < 1.29 is 14.3 Å². The van der Waals surface area contributed by atoms with E-state index in [1.165, 1.54) is 0 Å². The van der Waals surface area contributed by atoms with Crippen LogP contribution in [0.3, 0.4) is 0 Å². The van der Waals surface area contributed by atoms with E-state index in [0.29, 0.717) is 30.3 Å². The number of methoxy groups -OCH3 is 2. The van der Waals surface area contributed by atoms with Gasteiger partial charge in [-0.3, -0.25) is 9.67 Å². The molecule has 0 saturated carbocycles. The van der Waals surface area contributed by atoms with Gasteiger partial charge in [0.05, 0.1) is 26.5 Å². The number of amides is 2. The normalized spacial score (nSPS) is 10.3. The lowest BCUT2D eigenvalue weighted by Gasteiger charge is -2.11. The van der Waals surface area contributed by atoms with E-state index in [-0.39, 0.29) is 6.03 Å². The predicted octanol–water partition coefficient (Wildman–Crippen LogP) is 2.78. The van der Waals surface area contributed by atoms with Crippen LogP contribution in [0.2, 0.25) is 0 Å². The van der Waals surface area contributed by atoms with Crippen molar-refractivity contribution in [1.82, 2.24) is 20.1 Å². The van der Waals surface area contributed by atoms with Gasteiger partial charge in [0.15, 0.2) is 11.5 Å². The SMILES string of the molecule is COc1ccc(NC(=O)NCCn2ccc(-c3ccncc3)n2)cc1OC. The fourth-order valence-electron chi connectivity index (χ4n) is 2.54. The Hall–Kier alpha value is -3.55. The Balaban J connectivity index is 1.49. The van der Waals surface area contributed by atoms with E-state index >= 15 is 0 Å². The molecule has 1 aromatic carbocycles. The molecule has 3 aromatic rings. The number of nitrogens with one attached hydrogen (secondary N) is 2. The topological polar surface area (TPSA) is 90.3 Å². The molecule has 27 heavy (non-hydrogen) atoms. The molecule has 0 spiro atoms. The average molecular weight is 367 g/mol. The number of aromatic nitrogens is 3. The van der Waals surface area contributed by atoms with Crippen LogP contribution < -0.4 is 20.1 Å². The van der Waals surface area contributed by atoms with Gasteiger partial charge in [0.25, 0.3) is 0 Å². The van der Waals surface area contributed by atoms with E-state index in [0.717, 1.165) is 11.3 Å². The average Bonchev–Trinajstić information content (AvgIpc) is 3.17. The molecular weight excluding hydrogens is 346 g/mol. The second-order valence-electron chi connectivity index (χ2n) is 5.65. The highest BCUT2D eigenvalue weighted by atomic mass is 16.5. The standard InChI is InChI=1S/C19H21N5O3/c1-26-17-4-3-15(13-18(17)27-2)22-19(25)21-10-12-24-11-7-16(23-24)14-5-8-20-9-6-14/h3-9,11,13H,10,12H2,1-2H3,(H2,21,22,25). The first-order valence-electron chi connectivity index (χ1n) is 8.40. The Morgan fingerprint density at radius 1 is 1.07 bits per heavy atom. The van der Waals surface area contributed by atoms with Crippen molar-refractivity contribution >= 4 is 11.7 Å². The molecule has 0 aliphatic heterocycles. The molecule has 0 atom stereocenters. The van der Waals surface area contributed by atoms with Gasteiger partial charge in [-0.15, -0.1) is 0 Å². The summed E-state index contributed by atoms with van der Waals surface area (Å²) in [4.78, 5) is 16.1. The lowest BCUT2D eigenvalue weighted by molar-refractivity contribution is 0.251. The Kier molecular flexibility index (Phi) is 5.88. The summed E-state index contributed by atoms with van der Waals surface area (Å²) >= 11 is 0. The van der Waals surface area contributed by atoms with E-state index < -0.39 is 0 Å². The summed E-state index contributed by atoms with van der Waals surface area (Å²) in [6.45, 7) is 1.00. The summed E-state index contributed by atoms with van der Waals surface area (Å²) in [7, 11) is 3.11. The summed E-state index contributed by atoms with van der Waals surface area (Å²) in [5, 5.41) is 10.1. The summed E-state index contributed by atoms with van der Waals surface area (Å²) in [5.74, 6) is 1.16. The number of benzene rings is 1. The van der Waals surface area contributed by atoms with E-state index in [4.69, 9.17) is 9.47 Å². The maximum Gasteiger partial charge on any atom is 0.319 e. The molecule has 2 amide bonds. The second-order valence-corrected chi connectivity index (χ2v) is 5.65. The van der Waals surface area contributed by atoms with Gasteiger partial charge < -0.3 is 20.1 Å².